The number of pyridine rings is 1. The number of ether oxygens (including phenoxy) is 2. The summed E-state index contributed by atoms with van der Waals surface area (Å²) in [6.07, 6.45) is 2.87. The lowest BCUT2D eigenvalue weighted by Crippen LogP contribution is -2.30. The first-order valence-corrected chi connectivity index (χ1v) is 8.16. The Hall–Kier alpha value is -1.91. The van der Waals surface area contributed by atoms with Crippen LogP contribution in [0.25, 0.3) is 0 Å². The molecule has 0 spiro atoms. The van der Waals surface area contributed by atoms with Gasteiger partial charge < -0.3 is 9.47 Å². The first kappa shape index (κ1) is 16.0. The molecule has 1 aliphatic heterocycles. The van der Waals surface area contributed by atoms with Gasteiger partial charge in [0.15, 0.2) is 0 Å². The van der Waals surface area contributed by atoms with Gasteiger partial charge in [-0.15, -0.1) is 0 Å². The molecule has 2 heterocycles. The van der Waals surface area contributed by atoms with E-state index in [1.807, 2.05) is 24.4 Å². The number of benzene rings is 1. The fourth-order valence-electron chi connectivity index (χ4n) is 3.07. The molecule has 3 rings (SSSR count). The van der Waals surface area contributed by atoms with E-state index in [4.69, 9.17) is 9.47 Å². The average molecular weight is 312 g/mol. The second-order valence-electron chi connectivity index (χ2n) is 6.05. The largest absolute Gasteiger partial charge is 0.497 e. The zero-order valence-corrected chi connectivity index (χ0v) is 13.6. The normalized spacial score (nSPS) is 19.3. The van der Waals surface area contributed by atoms with E-state index in [1.54, 1.807) is 7.11 Å². The van der Waals surface area contributed by atoms with Crippen molar-refractivity contribution in [2.75, 3.05) is 33.4 Å². The van der Waals surface area contributed by atoms with Crippen LogP contribution in [0.2, 0.25) is 0 Å². The minimum atomic E-state index is 0.494. The highest BCUT2D eigenvalue weighted by molar-refractivity contribution is 5.28. The van der Waals surface area contributed by atoms with E-state index < -0.39 is 0 Å². The summed E-state index contributed by atoms with van der Waals surface area (Å²) in [5.41, 5.74) is 2.42. The monoisotopic (exact) mass is 312 g/mol. The molecule has 1 aromatic heterocycles. The Balaban J connectivity index is 1.62. The zero-order valence-electron chi connectivity index (χ0n) is 13.6. The maximum absolute atomic E-state index is 5.81. The molecule has 122 valence electrons. The second kappa shape index (κ2) is 8.09. The van der Waals surface area contributed by atoms with E-state index in [0.29, 0.717) is 5.92 Å². The topological polar surface area (TPSA) is 34.6 Å². The third kappa shape index (κ3) is 4.78. The van der Waals surface area contributed by atoms with Crippen LogP contribution in [0.1, 0.15) is 11.3 Å². The molecule has 23 heavy (non-hydrogen) atoms. The van der Waals surface area contributed by atoms with Crippen molar-refractivity contribution in [1.82, 2.24) is 9.88 Å². The zero-order chi connectivity index (χ0) is 15.9. The number of hydrogen-bond acceptors (Lipinski definition) is 4. The molecule has 1 fully saturated rings. The van der Waals surface area contributed by atoms with Crippen LogP contribution in [-0.2, 0) is 17.7 Å². The van der Waals surface area contributed by atoms with Crippen LogP contribution in [0.3, 0.4) is 0 Å². The van der Waals surface area contributed by atoms with Crippen LogP contribution in [0.5, 0.6) is 5.75 Å². The van der Waals surface area contributed by atoms with Crippen molar-refractivity contribution >= 4 is 0 Å². The Kier molecular flexibility index (Phi) is 5.61. The molecule has 4 heteroatoms. The number of aromatic nitrogens is 1. The van der Waals surface area contributed by atoms with Crippen molar-refractivity contribution < 1.29 is 9.47 Å². The molecule has 1 atom stereocenters. The molecule has 0 amide bonds. The SMILES string of the molecule is COc1cccc(CC2COCCN(Cc3ccccn3)C2)c1. The fourth-order valence-corrected chi connectivity index (χ4v) is 3.07. The maximum Gasteiger partial charge on any atom is 0.119 e. The highest BCUT2D eigenvalue weighted by Crippen LogP contribution is 2.19. The van der Waals surface area contributed by atoms with Crippen molar-refractivity contribution in [3.05, 3.63) is 59.9 Å². The van der Waals surface area contributed by atoms with Crippen molar-refractivity contribution in [3.8, 4) is 5.75 Å². The Morgan fingerprint density at radius 2 is 2.22 bits per heavy atom. The summed E-state index contributed by atoms with van der Waals surface area (Å²) >= 11 is 0. The van der Waals surface area contributed by atoms with Gasteiger partial charge in [0, 0.05) is 25.8 Å². The van der Waals surface area contributed by atoms with Gasteiger partial charge in [-0.2, -0.15) is 0 Å². The van der Waals surface area contributed by atoms with E-state index >= 15 is 0 Å². The van der Waals surface area contributed by atoms with Crippen molar-refractivity contribution in [2.24, 2.45) is 5.92 Å². The molecule has 0 radical (unpaired) electrons. The molecule has 0 aliphatic carbocycles. The van der Waals surface area contributed by atoms with Crippen molar-refractivity contribution in [1.29, 1.82) is 0 Å². The number of hydrogen-bond donors (Lipinski definition) is 0. The predicted octanol–water partition coefficient (Wildman–Crippen LogP) is 2.78. The fraction of sp³-hybridized carbons (Fsp3) is 0.421. The molecule has 1 aliphatic rings. The minimum Gasteiger partial charge on any atom is -0.497 e. The quantitative estimate of drug-likeness (QED) is 0.850. The van der Waals surface area contributed by atoms with Gasteiger partial charge in [-0.1, -0.05) is 18.2 Å². The number of rotatable bonds is 5. The van der Waals surface area contributed by atoms with Crippen LogP contribution in [0.15, 0.2) is 48.7 Å². The predicted molar refractivity (Wildman–Crippen MR) is 90.5 cm³/mol. The molecule has 1 saturated heterocycles. The van der Waals surface area contributed by atoms with Crippen molar-refractivity contribution in [2.45, 2.75) is 13.0 Å². The van der Waals surface area contributed by atoms with Gasteiger partial charge in [-0.25, -0.2) is 0 Å². The lowest BCUT2D eigenvalue weighted by Gasteiger charge is -2.23. The molecule has 0 saturated carbocycles. The summed E-state index contributed by atoms with van der Waals surface area (Å²) in [6, 6.07) is 14.4. The van der Waals surface area contributed by atoms with Crippen LogP contribution in [0.4, 0.5) is 0 Å². The van der Waals surface area contributed by atoms with E-state index in [2.05, 4.69) is 34.1 Å². The summed E-state index contributed by atoms with van der Waals surface area (Å²) in [7, 11) is 1.71. The van der Waals surface area contributed by atoms with Gasteiger partial charge in [-0.3, -0.25) is 9.88 Å². The Morgan fingerprint density at radius 1 is 1.26 bits per heavy atom. The van der Waals surface area contributed by atoms with E-state index in [9.17, 15) is 0 Å². The first-order valence-electron chi connectivity index (χ1n) is 8.16. The molecule has 2 aromatic rings. The highest BCUT2D eigenvalue weighted by atomic mass is 16.5. The molecule has 4 nitrogen and oxygen atoms in total. The molecule has 0 bridgehead atoms. The van der Waals surface area contributed by atoms with Crippen LogP contribution >= 0.6 is 0 Å². The van der Waals surface area contributed by atoms with Gasteiger partial charge >= 0.3 is 0 Å². The molecule has 1 aromatic carbocycles. The average Bonchev–Trinajstić information content (AvgIpc) is 2.81. The van der Waals surface area contributed by atoms with E-state index in [0.717, 1.165) is 50.7 Å². The molecular formula is C19H24N2O2. The van der Waals surface area contributed by atoms with Gasteiger partial charge in [0.1, 0.15) is 5.75 Å². The van der Waals surface area contributed by atoms with Gasteiger partial charge in [0.25, 0.3) is 0 Å². The smallest absolute Gasteiger partial charge is 0.119 e. The first-order chi connectivity index (χ1) is 11.3. The van der Waals surface area contributed by atoms with Gasteiger partial charge in [0.2, 0.25) is 0 Å². The molecular weight excluding hydrogens is 288 g/mol. The Labute approximate surface area is 138 Å². The molecule has 1 unspecified atom stereocenters. The summed E-state index contributed by atoms with van der Waals surface area (Å²) in [6.45, 7) is 4.50. The van der Waals surface area contributed by atoms with Gasteiger partial charge in [0.05, 0.1) is 26.0 Å². The van der Waals surface area contributed by atoms with E-state index in [1.165, 1.54) is 5.56 Å². The van der Waals surface area contributed by atoms with Crippen molar-refractivity contribution in [3.63, 3.8) is 0 Å². The Bertz CT molecular complexity index is 603. The van der Waals surface area contributed by atoms with Gasteiger partial charge in [-0.05, 0) is 42.2 Å². The van der Waals surface area contributed by atoms with Crippen LogP contribution in [-0.4, -0.2) is 43.3 Å². The van der Waals surface area contributed by atoms with Crippen LogP contribution in [0, 0.1) is 5.92 Å². The summed E-state index contributed by atoms with van der Waals surface area (Å²) in [4.78, 5) is 6.88. The lowest BCUT2D eigenvalue weighted by molar-refractivity contribution is 0.121. The minimum absolute atomic E-state index is 0.494. The number of methoxy groups -OCH3 is 1. The third-order valence-electron chi connectivity index (χ3n) is 4.19. The lowest BCUT2D eigenvalue weighted by atomic mass is 9.99. The molecule has 0 N–H and O–H groups in total. The standard InChI is InChI=1S/C19H24N2O2/c1-22-19-7-4-5-16(12-19)11-17-13-21(9-10-23-15-17)14-18-6-2-3-8-20-18/h2-8,12,17H,9-11,13-15H2,1H3. The highest BCUT2D eigenvalue weighted by Gasteiger charge is 2.19. The second-order valence-corrected chi connectivity index (χ2v) is 6.05. The number of nitrogens with zero attached hydrogens (tertiary/aromatic N) is 2. The Morgan fingerprint density at radius 3 is 3.04 bits per heavy atom. The summed E-state index contributed by atoms with van der Waals surface area (Å²) in [5.74, 6) is 1.41. The van der Waals surface area contributed by atoms with E-state index in [-0.39, 0.29) is 0 Å². The summed E-state index contributed by atoms with van der Waals surface area (Å²) < 4.78 is 11.1. The van der Waals surface area contributed by atoms with Crippen LogP contribution < -0.4 is 4.74 Å². The summed E-state index contributed by atoms with van der Waals surface area (Å²) in [5, 5.41) is 0. The third-order valence-corrected chi connectivity index (χ3v) is 4.19. The maximum atomic E-state index is 5.81.